The molecule has 5 rings (SSSR count). The van der Waals surface area contributed by atoms with Gasteiger partial charge in [0.1, 0.15) is 0 Å². The Labute approximate surface area is 201 Å². The van der Waals surface area contributed by atoms with Crippen LogP contribution in [0.2, 0.25) is 0 Å². The lowest BCUT2D eigenvalue weighted by Gasteiger charge is -2.72. The molecule has 2 N–H and O–H groups in total. The van der Waals surface area contributed by atoms with Crippen LogP contribution in [-0.2, 0) is 4.79 Å². The molecule has 33 heavy (non-hydrogen) atoms. The molecular weight excluding hydrogens is 408 g/mol. The molecule has 0 saturated heterocycles. The summed E-state index contributed by atoms with van der Waals surface area (Å²) in [7, 11) is 0. The summed E-state index contributed by atoms with van der Waals surface area (Å²) in [6, 6.07) is 0. The summed E-state index contributed by atoms with van der Waals surface area (Å²) in [5.41, 5.74) is 1.35. The number of hydrogen-bond donors (Lipinski definition) is 2. The van der Waals surface area contributed by atoms with E-state index in [2.05, 4.69) is 48.1 Å². The molecule has 5 saturated carbocycles. The summed E-state index contributed by atoms with van der Waals surface area (Å²) < 4.78 is 0. The first-order chi connectivity index (χ1) is 15.3. The smallest absolute Gasteiger partial charge is 0.309 e. The van der Waals surface area contributed by atoms with E-state index in [0.717, 1.165) is 38.5 Å². The Hall–Kier alpha value is -0.830. The molecule has 5 fully saturated rings. The number of hydrogen-bond acceptors (Lipinski definition) is 2. The van der Waals surface area contributed by atoms with Crippen molar-refractivity contribution >= 4 is 5.97 Å². The molecule has 3 unspecified atom stereocenters. The lowest BCUT2D eigenvalue weighted by molar-refractivity contribution is -0.248. The van der Waals surface area contributed by atoms with Crippen LogP contribution in [0.1, 0.15) is 106 Å². The maximum atomic E-state index is 12.8. The molecule has 0 amide bonds. The molecule has 3 heteroatoms. The zero-order valence-electron chi connectivity index (χ0n) is 22.0. The first kappa shape index (κ1) is 23.9. The average Bonchev–Trinajstić information content (AvgIpc) is 3.13. The maximum absolute atomic E-state index is 12.8. The van der Waals surface area contributed by atoms with Crippen molar-refractivity contribution in [1.82, 2.24) is 0 Å². The van der Waals surface area contributed by atoms with Crippen LogP contribution < -0.4 is 0 Å². The molecule has 0 aromatic rings. The summed E-state index contributed by atoms with van der Waals surface area (Å²) in [4.78, 5) is 12.8. The number of aliphatic hydroxyl groups is 1. The van der Waals surface area contributed by atoms with E-state index in [-0.39, 0.29) is 33.7 Å². The summed E-state index contributed by atoms with van der Waals surface area (Å²) >= 11 is 0. The lowest BCUT2D eigenvalue weighted by atomic mass is 9.32. The Morgan fingerprint density at radius 1 is 0.818 bits per heavy atom. The highest BCUT2D eigenvalue weighted by Gasteiger charge is 2.71. The molecule has 0 aromatic carbocycles. The van der Waals surface area contributed by atoms with Crippen LogP contribution in [0.5, 0.6) is 0 Å². The van der Waals surface area contributed by atoms with Crippen LogP contribution in [0.3, 0.4) is 0 Å². The Balaban J connectivity index is 1.57. The van der Waals surface area contributed by atoms with Gasteiger partial charge in [-0.15, -0.1) is 0 Å². The average molecular weight is 457 g/mol. The summed E-state index contributed by atoms with van der Waals surface area (Å²) in [6.07, 6.45) is 10.5. The van der Waals surface area contributed by atoms with Crippen molar-refractivity contribution < 1.29 is 15.0 Å². The summed E-state index contributed by atoms with van der Waals surface area (Å²) in [6.45, 7) is 18.8. The van der Waals surface area contributed by atoms with Gasteiger partial charge >= 0.3 is 5.97 Å². The van der Waals surface area contributed by atoms with Crippen molar-refractivity contribution in [3.63, 3.8) is 0 Å². The Kier molecular flexibility index (Phi) is 5.15. The van der Waals surface area contributed by atoms with Crippen molar-refractivity contribution in [3.05, 3.63) is 12.2 Å². The second-order valence-electron chi connectivity index (χ2n) is 14.5. The molecule has 0 heterocycles. The highest BCUT2D eigenvalue weighted by atomic mass is 16.4. The molecule has 0 spiro atoms. The van der Waals surface area contributed by atoms with Crippen LogP contribution in [0, 0.1) is 56.7 Å². The first-order valence-corrected chi connectivity index (χ1v) is 13.8. The summed E-state index contributed by atoms with van der Waals surface area (Å²) in [5.74, 6) is 1.79. The van der Waals surface area contributed by atoms with Gasteiger partial charge < -0.3 is 10.2 Å². The number of carboxylic acids is 1. The highest BCUT2D eigenvalue weighted by Crippen LogP contribution is 2.77. The number of aliphatic hydroxyl groups excluding tert-OH is 1. The van der Waals surface area contributed by atoms with Gasteiger partial charge in [-0.05, 0) is 122 Å². The number of rotatable bonds is 2. The fourth-order valence-corrected chi connectivity index (χ4v) is 11.5. The van der Waals surface area contributed by atoms with E-state index in [0.29, 0.717) is 23.7 Å². The Morgan fingerprint density at radius 2 is 1.52 bits per heavy atom. The number of fused-ring (bicyclic) bond motifs is 7. The summed E-state index contributed by atoms with van der Waals surface area (Å²) in [5, 5.41) is 21.4. The third kappa shape index (κ3) is 2.75. The van der Waals surface area contributed by atoms with Crippen LogP contribution >= 0.6 is 0 Å². The normalized spacial score (nSPS) is 55.0. The van der Waals surface area contributed by atoms with E-state index in [4.69, 9.17) is 0 Å². The SMILES string of the molecule is C=C(C)[C@@H]1CC[C@]2(C(=O)O)CC[C@]3(C)C(CC[C@@H]4[C@@]5(C)CC[C@H](O)C(C)(C)C5CC[C@]43C)C12. The molecule has 0 bridgehead atoms. The minimum absolute atomic E-state index is 0.0202. The topological polar surface area (TPSA) is 57.5 Å². The zero-order chi connectivity index (χ0) is 24.2. The van der Waals surface area contributed by atoms with Crippen molar-refractivity contribution in [2.24, 2.45) is 56.7 Å². The lowest BCUT2D eigenvalue weighted by Crippen LogP contribution is -2.67. The predicted octanol–water partition coefficient (Wildman–Crippen LogP) is 7.09. The van der Waals surface area contributed by atoms with E-state index in [1.807, 2.05) is 0 Å². The van der Waals surface area contributed by atoms with E-state index < -0.39 is 11.4 Å². The first-order valence-electron chi connectivity index (χ1n) is 13.8. The van der Waals surface area contributed by atoms with Crippen molar-refractivity contribution in [3.8, 4) is 0 Å². The van der Waals surface area contributed by atoms with Crippen LogP contribution in [0.15, 0.2) is 12.2 Å². The van der Waals surface area contributed by atoms with Crippen LogP contribution in [-0.4, -0.2) is 22.3 Å². The Bertz CT molecular complexity index is 861. The van der Waals surface area contributed by atoms with Gasteiger partial charge in [0.2, 0.25) is 0 Å². The molecule has 186 valence electrons. The second-order valence-corrected chi connectivity index (χ2v) is 14.5. The van der Waals surface area contributed by atoms with Gasteiger partial charge in [-0.25, -0.2) is 0 Å². The third-order valence-electron chi connectivity index (χ3n) is 13.5. The molecule has 3 nitrogen and oxygen atoms in total. The largest absolute Gasteiger partial charge is 0.481 e. The number of carboxylic acid groups (broad SMARTS) is 1. The zero-order valence-corrected chi connectivity index (χ0v) is 22.0. The second kappa shape index (κ2) is 7.11. The van der Waals surface area contributed by atoms with Gasteiger partial charge in [0.25, 0.3) is 0 Å². The number of aliphatic carboxylic acids is 1. The van der Waals surface area contributed by atoms with Gasteiger partial charge in [-0.2, -0.15) is 0 Å². The van der Waals surface area contributed by atoms with E-state index in [9.17, 15) is 15.0 Å². The fourth-order valence-electron chi connectivity index (χ4n) is 11.5. The fraction of sp³-hybridized carbons (Fsp3) is 0.900. The predicted molar refractivity (Wildman–Crippen MR) is 133 cm³/mol. The van der Waals surface area contributed by atoms with Gasteiger partial charge in [0.15, 0.2) is 0 Å². The Morgan fingerprint density at radius 3 is 2.15 bits per heavy atom. The molecule has 0 radical (unpaired) electrons. The van der Waals surface area contributed by atoms with Crippen molar-refractivity contribution in [2.45, 2.75) is 112 Å². The van der Waals surface area contributed by atoms with Crippen LogP contribution in [0.4, 0.5) is 0 Å². The van der Waals surface area contributed by atoms with Gasteiger partial charge in [0.05, 0.1) is 11.5 Å². The van der Waals surface area contributed by atoms with E-state index in [1.54, 1.807) is 0 Å². The number of carbonyl (C=O) groups is 1. The molecule has 10 atom stereocenters. The minimum Gasteiger partial charge on any atom is -0.481 e. The van der Waals surface area contributed by atoms with Gasteiger partial charge in [-0.3, -0.25) is 4.79 Å². The quantitative estimate of drug-likeness (QED) is 0.436. The number of allylic oxidation sites excluding steroid dienone is 1. The highest BCUT2D eigenvalue weighted by molar-refractivity contribution is 5.76. The van der Waals surface area contributed by atoms with Gasteiger partial charge in [-0.1, -0.05) is 46.8 Å². The minimum atomic E-state index is -0.538. The molecular formula is C30H48O3. The van der Waals surface area contributed by atoms with Crippen molar-refractivity contribution in [1.29, 1.82) is 0 Å². The van der Waals surface area contributed by atoms with Crippen LogP contribution in [0.25, 0.3) is 0 Å². The molecule has 0 aromatic heterocycles. The van der Waals surface area contributed by atoms with Crippen molar-refractivity contribution in [2.75, 3.05) is 0 Å². The molecule has 5 aliphatic rings. The van der Waals surface area contributed by atoms with Gasteiger partial charge in [0, 0.05) is 0 Å². The van der Waals surface area contributed by atoms with E-state index in [1.165, 1.54) is 31.3 Å². The third-order valence-corrected chi connectivity index (χ3v) is 13.5. The maximum Gasteiger partial charge on any atom is 0.309 e. The monoisotopic (exact) mass is 456 g/mol. The molecule has 0 aliphatic heterocycles. The standard InChI is InChI=1S/C30H48O3/c1-18(2)19-10-15-30(25(32)33)17-16-28(6)20(24(19)30)8-9-22-27(5)13-12-23(31)26(3,4)21(27)11-14-29(22,28)7/h19-24,31H,1,8-17H2,2-7H3,(H,32,33)/t19-,20?,21?,22+,23-,24?,27-,28+,29+,30-/m0/s1. The van der Waals surface area contributed by atoms with E-state index >= 15 is 0 Å². The molecule has 5 aliphatic carbocycles.